The highest BCUT2D eigenvalue weighted by atomic mass is 16.3. The van der Waals surface area contributed by atoms with Crippen LogP contribution < -0.4 is 5.32 Å². The van der Waals surface area contributed by atoms with Crippen molar-refractivity contribution in [2.75, 3.05) is 0 Å². The van der Waals surface area contributed by atoms with Gasteiger partial charge in [0, 0.05) is 32.7 Å². The van der Waals surface area contributed by atoms with Crippen LogP contribution in [0, 0.1) is 0 Å². The van der Waals surface area contributed by atoms with Gasteiger partial charge in [0.05, 0.1) is 0 Å². The van der Waals surface area contributed by atoms with Gasteiger partial charge >= 0.3 is 0 Å². The van der Waals surface area contributed by atoms with Crippen molar-refractivity contribution in [2.24, 2.45) is 9.98 Å². The first-order chi connectivity index (χ1) is 23.7. The zero-order chi connectivity index (χ0) is 31.6. The van der Waals surface area contributed by atoms with Crippen LogP contribution in [-0.2, 0) is 0 Å². The van der Waals surface area contributed by atoms with E-state index < -0.39 is 0 Å². The SMILES string of the molecule is c1ccc2cc(C3N=C(c4ccc5c(c4)oc4ccccc45)N=C(c4ccc(-c5cccc6oc7ccccc7c56)cc4)N3)ccc2c1. The normalized spacial score (nSPS) is 14.9. The fourth-order valence-electron chi connectivity index (χ4n) is 6.96. The van der Waals surface area contributed by atoms with Crippen LogP contribution in [0.3, 0.4) is 0 Å². The van der Waals surface area contributed by atoms with Crippen LogP contribution in [0.25, 0.3) is 65.8 Å². The number of rotatable bonds is 4. The number of para-hydroxylation sites is 2. The molecule has 0 amide bonds. The summed E-state index contributed by atoms with van der Waals surface area (Å²) < 4.78 is 12.4. The van der Waals surface area contributed by atoms with Gasteiger partial charge in [-0.3, -0.25) is 0 Å². The molecule has 1 unspecified atom stereocenters. The Balaban J connectivity index is 1.08. The van der Waals surface area contributed by atoms with Crippen molar-refractivity contribution in [1.29, 1.82) is 0 Å². The minimum Gasteiger partial charge on any atom is -0.456 e. The van der Waals surface area contributed by atoms with E-state index in [4.69, 9.17) is 18.8 Å². The van der Waals surface area contributed by atoms with Crippen LogP contribution in [0.5, 0.6) is 0 Å². The van der Waals surface area contributed by atoms with Gasteiger partial charge in [-0.2, -0.15) is 0 Å². The third kappa shape index (κ3) is 4.32. The molecule has 9 aromatic rings. The number of nitrogens with one attached hydrogen (secondary N) is 1. The van der Waals surface area contributed by atoms with Crippen molar-refractivity contribution in [1.82, 2.24) is 5.32 Å². The number of hydrogen-bond acceptors (Lipinski definition) is 5. The molecule has 0 spiro atoms. The molecule has 0 bridgehead atoms. The van der Waals surface area contributed by atoms with Crippen molar-refractivity contribution in [2.45, 2.75) is 6.17 Å². The van der Waals surface area contributed by atoms with Crippen molar-refractivity contribution in [3.8, 4) is 11.1 Å². The smallest absolute Gasteiger partial charge is 0.159 e. The van der Waals surface area contributed by atoms with Crippen LogP contribution in [0.1, 0.15) is 22.9 Å². The summed E-state index contributed by atoms with van der Waals surface area (Å²) in [5, 5.41) is 10.4. The van der Waals surface area contributed by atoms with Gasteiger partial charge in [0.1, 0.15) is 34.3 Å². The fourth-order valence-corrected chi connectivity index (χ4v) is 6.96. The van der Waals surface area contributed by atoms with E-state index in [1.807, 2.05) is 36.4 Å². The molecular weight excluding hydrogens is 590 g/mol. The first kappa shape index (κ1) is 26.7. The van der Waals surface area contributed by atoms with Gasteiger partial charge in [-0.25, -0.2) is 9.98 Å². The van der Waals surface area contributed by atoms with E-state index in [2.05, 4.69) is 121 Å². The molecule has 1 aliphatic rings. The second-order valence-electron chi connectivity index (χ2n) is 12.2. The Bertz CT molecular complexity index is 2770. The number of furan rings is 2. The second-order valence-corrected chi connectivity index (χ2v) is 12.2. The monoisotopic (exact) mass is 617 g/mol. The molecule has 0 saturated carbocycles. The summed E-state index contributed by atoms with van der Waals surface area (Å²) >= 11 is 0. The van der Waals surface area contributed by atoms with Gasteiger partial charge in [0.25, 0.3) is 0 Å². The van der Waals surface area contributed by atoms with Crippen LogP contribution in [0.2, 0.25) is 0 Å². The quantitative estimate of drug-likeness (QED) is 0.214. The summed E-state index contributed by atoms with van der Waals surface area (Å²) in [7, 11) is 0. The first-order valence-corrected chi connectivity index (χ1v) is 16.1. The lowest BCUT2D eigenvalue weighted by molar-refractivity contribution is 0.667. The molecule has 2 aromatic heterocycles. The molecule has 48 heavy (non-hydrogen) atoms. The highest BCUT2D eigenvalue weighted by molar-refractivity contribution is 6.16. The summed E-state index contributed by atoms with van der Waals surface area (Å²) in [4.78, 5) is 10.3. The lowest BCUT2D eigenvalue weighted by atomic mass is 9.98. The van der Waals surface area contributed by atoms with E-state index in [9.17, 15) is 0 Å². The van der Waals surface area contributed by atoms with E-state index in [-0.39, 0.29) is 6.17 Å². The number of benzene rings is 7. The highest BCUT2D eigenvalue weighted by Crippen LogP contribution is 2.37. The van der Waals surface area contributed by atoms with Crippen LogP contribution in [0.15, 0.2) is 170 Å². The molecule has 5 heteroatoms. The van der Waals surface area contributed by atoms with Gasteiger partial charge in [-0.15, -0.1) is 0 Å². The second kappa shape index (κ2) is 10.5. The third-order valence-electron chi connectivity index (χ3n) is 9.34. The number of nitrogens with zero attached hydrogens (tertiary/aromatic N) is 2. The molecule has 0 fully saturated rings. The Labute approximate surface area is 275 Å². The predicted octanol–water partition coefficient (Wildman–Crippen LogP) is 10.8. The number of aliphatic imine (C=N–C) groups is 2. The van der Waals surface area contributed by atoms with Crippen LogP contribution in [-0.4, -0.2) is 11.7 Å². The Morgan fingerprint density at radius 1 is 0.479 bits per heavy atom. The summed E-state index contributed by atoms with van der Waals surface area (Å²) in [6.45, 7) is 0. The Morgan fingerprint density at radius 3 is 2.02 bits per heavy atom. The summed E-state index contributed by atoms with van der Waals surface area (Å²) in [5.74, 6) is 1.42. The van der Waals surface area contributed by atoms with Crippen LogP contribution >= 0.6 is 0 Å². The summed E-state index contributed by atoms with van der Waals surface area (Å²) in [6, 6.07) is 52.3. The van der Waals surface area contributed by atoms with E-state index in [0.717, 1.165) is 77.5 Å². The minimum absolute atomic E-state index is 0.325. The number of amidine groups is 2. The van der Waals surface area contributed by atoms with Crippen LogP contribution in [0.4, 0.5) is 0 Å². The molecule has 1 N–H and O–H groups in total. The standard InChI is InChI=1S/C43H27N3O2/c1-2-9-29-24-30(21-16-26(29)8-1)42-44-41(45-43(46-42)31-22-23-34-33-10-3-5-13-36(33)48-39(34)25-31)28-19-17-27(18-20-28)32-12-7-15-38-40(32)35-11-4-6-14-37(35)47-38/h1-25,42H,(H,44,45,46). The summed E-state index contributed by atoms with van der Waals surface area (Å²) in [6.07, 6.45) is -0.325. The van der Waals surface area contributed by atoms with E-state index in [0.29, 0.717) is 5.84 Å². The van der Waals surface area contributed by atoms with Crippen molar-refractivity contribution in [3.05, 3.63) is 168 Å². The largest absolute Gasteiger partial charge is 0.456 e. The maximum absolute atomic E-state index is 6.24. The lowest BCUT2D eigenvalue weighted by Crippen LogP contribution is -2.33. The van der Waals surface area contributed by atoms with Crippen molar-refractivity contribution >= 4 is 66.3 Å². The molecule has 0 aliphatic carbocycles. The molecule has 3 heterocycles. The Morgan fingerprint density at radius 2 is 1.15 bits per heavy atom. The average molecular weight is 618 g/mol. The highest BCUT2D eigenvalue weighted by Gasteiger charge is 2.22. The summed E-state index contributed by atoms with van der Waals surface area (Å²) in [5.41, 5.74) is 8.67. The zero-order valence-electron chi connectivity index (χ0n) is 25.7. The molecule has 1 atom stereocenters. The van der Waals surface area contributed by atoms with E-state index in [1.165, 1.54) is 10.8 Å². The Kier molecular flexibility index (Phi) is 5.87. The third-order valence-corrected chi connectivity index (χ3v) is 9.34. The predicted molar refractivity (Wildman–Crippen MR) is 196 cm³/mol. The first-order valence-electron chi connectivity index (χ1n) is 16.1. The average Bonchev–Trinajstić information content (AvgIpc) is 3.73. The zero-order valence-corrected chi connectivity index (χ0v) is 25.7. The van der Waals surface area contributed by atoms with Gasteiger partial charge in [-0.1, -0.05) is 115 Å². The van der Waals surface area contributed by atoms with E-state index >= 15 is 0 Å². The van der Waals surface area contributed by atoms with Crippen molar-refractivity contribution < 1.29 is 8.83 Å². The van der Waals surface area contributed by atoms with Crippen molar-refractivity contribution in [3.63, 3.8) is 0 Å². The maximum Gasteiger partial charge on any atom is 0.159 e. The maximum atomic E-state index is 6.24. The molecular formula is C43H27N3O2. The van der Waals surface area contributed by atoms with E-state index in [1.54, 1.807) is 0 Å². The molecule has 1 aliphatic heterocycles. The van der Waals surface area contributed by atoms with Gasteiger partial charge < -0.3 is 14.2 Å². The number of fused-ring (bicyclic) bond motifs is 7. The number of hydrogen-bond donors (Lipinski definition) is 1. The van der Waals surface area contributed by atoms with Gasteiger partial charge in [0.2, 0.25) is 0 Å². The molecule has 0 radical (unpaired) electrons. The molecule has 226 valence electrons. The molecule has 10 rings (SSSR count). The fraction of sp³-hybridized carbons (Fsp3) is 0.0233. The molecule has 7 aromatic carbocycles. The Hall–Kier alpha value is -6.46. The molecule has 5 nitrogen and oxygen atoms in total. The molecule has 0 saturated heterocycles. The minimum atomic E-state index is -0.325. The van der Waals surface area contributed by atoms with Gasteiger partial charge in [-0.05, 0) is 63.9 Å². The topological polar surface area (TPSA) is 63.0 Å². The lowest BCUT2D eigenvalue weighted by Gasteiger charge is -2.24. The van der Waals surface area contributed by atoms with Gasteiger partial charge in [0.15, 0.2) is 5.84 Å².